The molecule has 1 atom stereocenters. The van der Waals surface area contributed by atoms with E-state index in [0.717, 1.165) is 0 Å². The van der Waals surface area contributed by atoms with Gasteiger partial charge >= 0.3 is 12.3 Å². The highest BCUT2D eigenvalue weighted by atomic mass is 19.4. The van der Waals surface area contributed by atoms with E-state index in [9.17, 15) is 18.0 Å². The zero-order chi connectivity index (χ0) is 18.0. The van der Waals surface area contributed by atoms with Crippen molar-refractivity contribution >= 4 is 6.09 Å². The largest absolute Gasteiger partial charge is 0.444 e. The monoisotopic (exact) mass is 344 g/mol. The van der Waals surface area contributed by atoms with Crippen LogP contribution < -0.4 is 0 Å². The van der Waals surface area contributed by atoms with E-state index in [1.54, 1.807) is 39.0 Å². The average Bonchev–Trinajstić information content (AvgIpc) is 2.46. The fourth-order valence-electron chi connectivity index (χ4n) is 2.73. The smallest absolute Gasteiger partial charge is 0.410 e. The third kappa shape index (κ3) is 4.87. The lowest BCUT2D eigenvalue weighted by Gasteiger charge is -2.40. The van der Waals surface area contributed by atoms with Gasteiger partial charge in [-0.25, -0.2) is 4.79 Å². The molecule has 0 spiro atoms. The third-order valence-corrected chi connectivity index (χ3v) is 3.76. The van der Waals surface area contributed by atoms with Gasteiger partial charge in [-0.3, -0.25) is 4.90 Å². The van der Waals surface area contributed by atoms with Gasteiger partial charge in [0.1, 0.15) is 11.6 Å². The van der Waals surface area contributed by atoms with E-state index in [1.807, 2.05) is 0 Å². The highest BCUT2D eigenvalue weighted by Gasteiger charge is 2.45. The summed E-state index contributed by atoms with van der Waals surface area (Å²) in [5.74, 6) is 0. The van der Waals surface area contributed by atoms with Crippen molar-refractivity contribution in [2.45, 2.75) is 38.6 Å². The zero-order valence-corrected chi connectivity index (χ0v) is 14.1. The molecule has 24 heavy (non-hydrogen) atoms. The Morgan fingerprint density at radius 3 is 2.04 bits per heavy atom. The Labute approximate surface area is 140 Å². The van der Waals surface area contributed by atoms with E-state index in [1.165, 1.54) is 21.9 Å². The van der Waals surface area contributed by atoms with Gasteiger partial charge in [0.2, 0.25) is 0 Å². The Morgan fingerprint density at radius 1 is 1.04 bits per heavy atom. The predicted octanol–water partition coefficient (Wildman–Crippen LogP) is 3.84. The molecular weight excluding hydrogens is 321 g/mol. The van der Waals surface area contributed by atoms with Crippen LogP contribution in [0.5, 0.6) is 0 Å². The van der Waals surface area contributed by atoms with Crippen molar-refractivity contribution < 1.29 is 22.7 Å². The molecule has 0 aromatic heterocycles. The van der Waals surface area contributed by atoms with E-state index >= 15 is 0 Å². The Bertz CT molecular complexity index is 547. The summed E-state index contributed by atoms with van der Waals surface area (Å²) < 4.78 is 45.8. The summed E-state index contributed by atoms with van der Waals surface area (Å²) in [6.07, 6.45) is -4.85. The zero-order valence-electron chi connectivity index (χ0n) is 14.1. The summed E-state index contributed by atoms with van der Waals surface area (Å²) in [5, 5.41) is 0. The molecular formula is C17H23F3N2O2. The minimum atomic E-state index is -4.37. The molecule has 1 aliphatic rings. The van der Waals surface area contributed by atoms with Gasteiger partial charge in [0.15, 0.2) is 0 Å². The first-order chi connectivity index (χ1) is 11.1. The van der Waals surface area contributed by atoms with E-state index in [-0.39, 0.29) is 31.7 Å². The van der Waals surface area contributed by atoms with Gasteiger partial charge in [-0.15, -0.1) is 0 Å². The van der Waals surface area contributed by atoms with Crippen LogP contribution in [0, 0.1) is 0 Å². The summed E-state index contributed by atoms with van der Waals surface area (Å²) in [7, 11) is 0. The molecule has 0 bridgehead atoms. The Hall–Kier alpha value is -1.76. The number of rotatable bonds is 2. The lowest BCUT2D eigenvalue weighted by Crippen LogP contribution is -2.53. The quantitative estimate of drug-likeness (QED) is 0.817. The molecule has 1 unspecified atom stereocenters. The van der Waals surface area contributed by atoms with E-state index in [4.69, 9.17) is 4.74 Å². The highest BCUT2D eigenvalue weighted by molar-refractivity contribution is 5.68. The summed E-state index contributed by atoms with van der Waals surface area (Å²) in [4.78, 5) is 14.8. The van der Waals surface area contributed by atoms with Crippen molar-refractivity contribution in [1.29, 1.82) is 0 Å². The first-order valence-electron chi connectivity index (χ1n) is 7.91. The molecule has 2 rings (SSSR count). The summed E-state index contributed by atoms with van der Waals surface area (Å²) >= 11 is 0. The molecule has 0 N–H and O–H groups in total. The van der Waals surface area contributed by atoms with Crippen LogP contribution in [0.25, 0.3) is 0 Å². The first-order valence-corrected chi connectivity index (χ1v) is 7.91. The maximum Gasteiger partial charge on any atom is 0.410 e. The Kier molecular flexibility index (Phi) is 5.42. The van der Waals surface area contributed by atoms with E-state index < -0.39 is 23.9 Å². The highest BCUT2D eigenvalue weighted by Crippen LogP contribution is 2.38. The van der Waals surface area contributed by atoms with Crippen molar-refractivity contribution in [2.24, 2.45) is 0 Å². The molecule has 134 valence electrons. The summed E-state index contributed by atoms with van der Waals surface area (Å²) in [6.45, 7) is 6.02. The van der Waals surface area contributed by atoms with Crippen LogP contribution in [0.4, 0.5) is 18.0 Å². The molecule has 1 saturated heterocycles. The number of nitrogens with zero attached hydrogens (tertiary/aromatic N) is 2. The Balaban J connectivity index is 2.05. The first kappa shape index (κ1) is 18.6. The second-order valence-corrected chi connectivity index (χ2v) is 6.86. The summed E-state index contributed by atoms with van der Waals surface area (Å²) in [6, 6.07) is 6.21. The van der Waals surface area contributed by atoms with Gasteiger partial charge in [0.05, 0.1) is 0 Å². The van der Waals surface area contributed by atoms with Crippen molar-refractivity contribution in [3.05, 3.63) is 35.9 Å². The van der Waals surface area contributed by atoms with Gasteiger partial charge in [-0.05, 0) is 26.3 Å². The van der Waals surface area contributed by atoms with Crippen LogP contribution in [0.3, 0.4) is 0 Å². The number of ether oxygens (including phenoxy) is 1. The number of alkyl halides is 3. The standard InChI is InChI=1S/C17H23F3N2O2/c1-16(2,3)24-15(23)22-11-9-21(10-12-22)14(17(18,19)20)13-7-5-4-6-8-13/h4-8,14H,9-12H2,1-3H3. The SMILES string of the molecule is CC(C)(C)OC(=O)N1CCN(C(c2ccccc2)C(F)(F)F)CC1. The van der Waals surface area contributed by atoms with Gasteiger partial charge in [0.25, 0.3) is 0 Å². The number of piperazine rings is 1. The fourth-order valence-corrected chi connectivity index (χ4v) is 2.73. The molecule has 1 aromatic carbocycles. The van der Waals surface area contributed by atoms with Crippen molar-refractivity contribution in [2.75, 3.05) is 26.2 Å². The molecule has 0 aliphatic carbocycles. The number of hydrogen-bond acceptors (Lipinski definition) is 3. The molecule has 0 radical (unpaired) electrons. The van der Waals surface area contributed by atoms with Gasteiger partial charge in [-0.1, -0.05) is 30.3 Å². The normalized spacial score (nSPS) is 18.3. The lowest BCUT2D eigenvalue weighted by molar-refractivity contribution is -0.190. The van der Waals surface area contributed by atoms with Crippen molar-refractivity contribution in [3.63, 3.8) is 0 Å². The molecule has 7 heteroatoms. The van der Waals surface area contributed by atoms with Gasteiger partial charge < -0.3 is 9.64 Å². The Morgan fingerprint density at radius 2 is 1.58 bits per heavy atom. The topological polar surface area (TPSA) is 32.8 Å². The number of halogens is 3. The molecule has 4 nitrogen and oxygen atoms in total. The lowest BCUT2D eigenvalue weighted by atomic mass is 10.0. The molecule has 1 fully saturated rings. The third-order valence-electron chi connectivity index (χ3n) is 3.76. The minimum Gasteiger partial charge on any atom is -0.444 e. The van der Waals surface area contributed by atoms with Crippen LogP contribution in [0.2, 0.25) is 0 Å². The maximum absolute atomic E-state index is 13.5. The van der Waals surface area contributed by atoms with Crippen molar-refractivity contribution in [3.8, 4) is 0 Å². The molecule has 1 heterocycles. The number of hydrogen-bond donors (Lipinski definition) is 0. The van der Waals surface area contributed by atoms with Crippen LogP contribution in [-0.4, -0.2) is 53.8 Å². The van der Waals surface area contributed by atoms with Crippen LogP contribution in [0.15, 0.2) is 30.3 Å². The van der Waals surface area contributed by atoms with Crippen LogP contribution >= 0.6 is 0 Å². The maximum atomic E-state index is 13.5. The number of carbonyl (C=O) groups excluding carboxylic acids is 1. The molecule has 1 amide bonds. The number of carbonyl (C=O) groups is 1. The number of amides is 1. The molecule has 1 aliphatic heterocycles. The van der Waals surface area contributed by atoms with Crippen LogP contribution in [-0.2, 0) is 4.74 Å². The van der Waals surface area contributed by atoms with Crippen molar-refractivity contribution in [1.82, 2.24) is 9.80 Å². The number of benzene rings is 1. The molecule has 1 aromatic rings. The molecule has 0 saturated carbocycles. The summed E-state index contributed by atoms with van der Waals surface area (Å²) in [5.41, 5.74) is -0.400. The predicted molar refractivity (Wildman–Crippen MR) is 84.6 cm³/mol. The second kappa shape index (κ2) is 7.01. The van der Waals surface area contributed by atoms with Crippen LogP contribution in [0.1, 0.15) is 32.4 Å². The average molecular weight is 344 g/mol. The minimum absolute atomic E-state index is 0.151. The van der Waals surface area contributed by atoms with Gasteiger partial charge in [-0.2, -0.15) is 13.2 Å². The van der Waals surface area contributed by atoms with E-state index in [2.05, 4.69) is 0 Å². The fraction of sp³-hybridized carbons (Fsp3) is 0.588. The van der Waals surface area contributed by atoms with E-state index in [0.29, 0.717) is 0 Å². The second-order valence-electron chi connectivity index (χ2n) is 6.86. The van der Waals surface area contributed by atoms with Gasteiger partial charge in [0, 0.05) is 26.2 Å².